The monoisotopic (exact) mass is 564 g/mol. The predicted molar refractivity (Wildman–Crippen MR) is 182 cm³/mol. The molecule has 0 radical (unpaired) electrons. The Morgan fingerprint density at radius 2 is 0.955 bits per heavy atom. The minimum atomic E-state index is 0.0193. The van der Waals surface area contributed by atoms with E-state index in [1.807, 2.05) is 103 Å². The van der Waals surface area contributed by atoms with Gasteiger partial charge in [-0.05, 0) is 55.9 Å². The number of rotatable bonds is 5. The summed E-state index contributed by atoms with van der Waals surface area (Å²) in [6, 6.07) is 48.0. The van der Waals surface area contributed by atoms with E-state index in [9.17, 15) is 1.37 Å². The van der Waals surface area contributed by atoms with E-state index < -0.39 is 0 Å². The zero-order valence-electron chi connectivity index (χ0n) is 26.7. The second-order valence-corrected chi connectivity index (χ2v) is 10.6. The predicted octanol–water partition coefficient (Wildman–Crippen LogP) is 10.5. The summed E-state index contributed by atoms with van der Waals surface area (Å²) in [5, 5.41) is 4.50. The molecule has 0 bridgehead atoms. The molecule has 1 heterocycles. The third-order valence-electron chi connectivity index (χ3n) is 7.86. The molecular formula is C41H27N3. The molecule has 7 aromatic carbocycles. The second kappa shape index (κ2) is 11.0. The molecule has 3 nitrogen and oxygen atoms in total. The SMILES string of the molecule is [2H]c1cc([2H])c(-c2nc(-c3ccccc3)nc(-c3ccc4ccccc4c3)n2)c([2H])c1-c1ccc(-c2cccc3ccccc23)cc1. The van der Waals surface area contributed by atoms with Gasteiger partial charge < -0.3 is 0 Å². The summed E-state index contributed by atoms with van der Waals surface area (Å²) in [4.78, 5) is 14.5. The van der Waals surface area contributed by atoms with Crippen molar-refractivity contribution in [2.24, 2.45) is 0 Å². The van der Waals surface area contributed by atoms with Gasteiger partial charge in [0.2, 0.25) is 0 Å². The summed E-state index contributed by atoms with van der Waals surface area (Å²) >= 11 is 0. The molecule has 3 heteroatoms. The van der Waals surface area contributed by atoms with Crippen molar-refractivity contribution >= 4 is 21.5 Å². The molecule has 206 valence electrons. The number of nitrogens with zero attached hydrogens (tertiary/aromatic N) is 3. The first-order valence-corrected chi connectivity index (χ1v) is 14.5. The normalized spacial score (nSPS) is 12.1. The quantitative estimate of drug-likeness (QED) is 0.209. The smallest absolute Gasteiger partial charge is 0.164 e. The number of benzene rings is 7. The molecule has 0 saturated carbocycles. The van der Waals surface area contributed by atoms with Crippen molar-refractivity contribution in [1.29, 1.82) is 0 Å². The van der Waals surface area contributed by atoms with E-state index in [4.69, 9.17) is 17.7 Å². The highest BCUT2D eigenvalue weighted by molar-refractivity contribution is 5.97. The number of hydrogen-bond donors (Lipinski definition) is 0. The highest BCUT2D eigenvalue weighted by atomic mass is 15.0. The van der Waals surface area contributed by atoms with Crippen LogP contribution in [0.15, 0.2) is 164 Å². The van der Waals surface area contributed by atoms with Crippen LogP contribution in [0.5, 0.6) is 0 Å². The fourth-order valence-electron chi connectivity index (χ4n) is 5.61. The van der Waals surface area contributed by atoms with E-state index >= 15 is 0 Å². The molecule has 0 atom stereocenters. The van der Waals surface area contributed by atoms with Crippen LogP contribution in [0.2, 0.25) is 0 Å². The number of fused-ring (bicyclic) bond motifs is 2. The van der Waals surface area contributed by atoms with Gasteiger partial charge in [0.25, 0.3) is 0 Å². The summed E-state index contributed by atoms with van der Waals surface area (Å²) < 4.78 is 27.0. The van der Waals surface area contributed by atoms with Crippen molar-refractivity contribution in [2.45, 2.75) is 0 Å². The van der Waals surface area contributed by atoms with Gasteiger partial charge in [-0.3, -0.25) is 0 Å². The molecule has 0 spiro atoms. The third-order valence-corrected chi connectivity index (χ3v) is 7.86. The van der Waals surface area contributed by atoms with Crippen molar-refractivity contribution < 1.29 is 4.11 Å². The molecule has 0 unspecified atom stereocenters. The van der Waals surface area contributed by atoms with Crippen LogP contribution in [-0.2, 0) is 0 Å². The van der Waals surface area contributed by atoms with Crippen LogP contribution >= 0.6 is 0 Å². The van der Waals surface area contributed by atoms with Crippen LogP contribution in [0.1, 0.15) is 4.11 Å². The molecule has 0 amide bonds. The maximum absolute atomic E-state index is 9.35. The molecule has 8 rings (SSSR count). The van der Waals surface area contributed by atoms with E-state index in [-0.39, 0.29) is 29.5 Å². The molecule has 0 aliphatic rings. The summed E-state index contributed by atoms with van der Waals surface area (Å²) in [7, 11) is 0. The minimum absolute atomic E-state index is 0.0193. The van der Waals surface area contributed by atoms with Gasteiger partial charge in [-0.15, -0.1) is 0 Å². The van der Waals surface area contributed by atoms with Crippen LogP contribution in [0, 0.1) is 0 Å². The zero-order chi connectivity index (χ0) is 31.9. The average molecular weight is 565 g/mol. The molecule has 44 heavy (non-hydrogen) atoms. The van der Waals surface area contributed by atoms with Crippen molar-refractivity contribution in [2.75, 3.05) is 0 Å². The van der Waals surface area contributed by atoms with Crippen LogP contribution in [0.4, 0.5) is 0 Å². The van der Waals surface area contributed by atoms with Gasteiger partial charge in [0, 0.05) is 16.7 Å². The topological polar surface area (TPSA) is 38.7 Å². The van der Waals surface area contributed by atoms with Crippen molar-refractivity contribution in [1.82, 2.24) is 15.0 Å². The van der Waals surface area contributed by atoms with Crippen LogP contribution in [-0.4, -0.2) is 15.0 Å². The average Bonchev–Trinajstić information content (AvgIpc) is 3.11. The zero-order valence-corrected chi connectivity index (χ0v) is 23.7. The van der Waals surface area contributed by atoms with Gasteiger partial charge >= 0.3 is 0 Å². The first kappa shape index (κ1) is 22.6. The standard InChI is InChI=1S/C41H27N3/c1-2-12-32(13-3-1)39-42-40(44-41(43-39)36-25-22-28-10-4-5-14-33(28)27-36)35-17-8-16-34(26-35)29-20-23-31(24-21-29)38-19-9-15-30-11-6-7-18-37(30)38/h1-27H/i16D,17D,26D. The van der Waals surface area contributed by atoms with Crippen LogP contribution < -0.4 is 0 Å². The van der Waals surface area contributed by atoms with Crippen molar-refractivity contribution in [3.8, 4) is 56.4 Å². The summed E-state index contributed by atoms with van der Waals surface area (Å²) in [5.41, 5.74) is 5.18. The highest BCUT2D eigenvalue weighted by Crippen LogP contribution is 2.32. The summed E-state index contributed by atoms with van der Waals surface area (Å²) in [6.07, 6.45) is 0. The Bertz CT molecular complexity index is 2440. The van der Waals surface area contributed by atoms with Gasteiger partial charge in [-0.2, -0.15) is 0 Å². The number of aromatic nitrogens is 3. The highest BCUT2D eigenvalue weighted by Gasteiger charge is 2.14. The Labute approximate surface area is 260 Å². The Morgan fingerprint density at radius 3 is 1.77 bits per heavy atom. The van der Waals surface area contributed by atoms with E-state index in [0.29, 0.717) is 17.2 Å². The van der Waals surface area contributed by atoms with Gasteiger partial charge in [0.15, 0.2) is 17.5 Å². The lowest BCUT2D eigenvalue weighted by Crippen LogP contribution is -2.00. The maximum atomic E-state index is 9.35. The van der Waals surface area contributed by atoms with Gasteiger partial charge in [0.05, 0.1) is 4.11 Å². The maximum Gasteiger partial charge on any atom is 0.164 e. The third kappa shape index (κ3) is 4.91. The number of hydrogen-bond acceptors (Lipinski definition) is 3. The molecule has 0 fully saturated rings. The molecule has 0 aliphatic carbocycles. The molecule has 8 aromatic rings. The van der Waals surface area contributed by atoms with Crippen LogP contribution in [0.3, 0.4) is 0 Å². The first-order chi connectivity index (χ1) is 23.0. The van der Waals surface area contributed by atoms with Crippen LogP contribution in [0.25, 0.3) is 78.0 Å². The fourth-order valence-corrected chi connectivity index (χ4v) is 5.61. The second-order valence-electron chi connectivity index (χ2n) is 10.6. The lowest BCUT2D eigenvalue weighted by Gasteiger charge is -2.11. The molecular weight excluding hydrogens is 534 g/mol. The van der Waals surface area contributed by atoms with E-state index in [1.54, 1.807) is 0 Å². The Hall–Kier alpha value is -5.93. The first-order valence-electron chi connectivity index (χ1n) is 16.0. The van der Waals surface area contributed by atoms with Gasteiger partial charge in [-0.25, -0.2) is 15.0 Å². The Balaban J connectivity index is 1.27. The lowest BCUT2D eigenvalue weighted by atomic mass is 9.96. The van der Waals surface area contributed by atoms with Crippen molar-refractivity contribution in [3.63, 3.8) is 0 Å². The fraction of sp³-hybridized carbons (Fsp3) is 0. The Morgan fingerprint density at radius 1 is 0.364 bits per heavy atom. The van der Waals surface area contributed by atoms with Gasteiger partial charge in [-0.1, -0.05) is 152 Å². The molecule has 0 saturated heterocycles. The van der Waals surface area contributed by atoms with E-state index in [2.05, 4.69) is 36.4 Å². The van der Waals surface area contributed by atoms with Crippen molar-refractivity contribution in [3.05, 3.63) is 164 Å². The molecule has 0 aliphatic heterocycles. The summed E-state index contributed by atoms with van der Waals surface area (Å²) in [6.45, 7) is 0. The van der Waals surface area contributed by atoms with E-state index in [1.165, 1.54) is 11.5 Å². The van der Waals surface area contributed by atoms with Gasteiger partial charge in [0.1, 0.15) is 0 Å². The molecule has 0 N–H and O–H groups in total. The molecule has 1 aromatic heterocycles. The minimum Gasteiger partial charge on any atom is -0.208 e. The summed E-state index contributed by atoms with van der Waals surface area (Å²) in [5.74, 6) is 1.13. The lowest BCUT2D eigenvalue weighted by molar-refractivity contribution is 1.07. The Kier molecular flexibility index (Phi) is 5.69. The largest absolute Gasteiger partial charge is 0.208 e. The van der Waals surface area contributed by atoms with E-state index in [0.717, 1.165) is 44.0 Å².